The highest BCUT2D eigenvalue weighted by atomic mass is 16.5. The zero-order valence-corrected chi connectivity index (χ0v) is 40.5. The molecule has 0 amide bonds. The Balaban J connectivity index is 1.29. The summed E-state index contributed by atoms with van der Waals surface area (Å²) in [6.45, 7) is 3.59. The van der Waals surface area contributed by atoms with Crippen molar-refractivity contribution in [1.82, 2.24) is 18.3 Å². The molecule has 13 rings (SSSR count). The number of unbranched alkanes of at least 4 members (excludes halogenated alkanes) is 2. The van der Waals surface area contributed by atoms with Crippen LogP contribution in [-0.4, -0.2) is 45.2 Å². The summed E-state index contributed by atoms with van der Waals surface area (Å²) in [5.41, 5.74) is 10.3. The predicted octanol–water partition coefficient (Wildman–Crippen LogP) is 15.4. The molecule has 9 nitrogen and oxygen atoms in total. The smallest absolute Gasteiger partial charge is 0.120 e. The fraction of sp³-hybridized carbons (Fsp3) is 0.125. The van der Waals surface area contributed by atoms with Crippen LogP contribution in [0.15, 0.2) is 182 Å². The van der Waals surface area contributed by atoms with Gasteiger partial charge in [-0.1, -0.05) is 129 Å². The quantitative estimate of drug-likeness (QED) is 0.107. The first-order valence-corrected chi connectivity index (χ1v) is 25.0. The van der Waals surface area contributed by atoms with Gasteiger partial charge in [-0.25, -0.2) is 0 Å². The van der Waals surface area contributed by atoms with Crippen LogP contribution >= 0.6 is 0 Å². The fourth-order valence-electron chi connectivity index (χ4n) is 11.5. The van der Waals surface area contributed by atoms with E-state index in [4.69, 9.17) is 14.2 Å². The van der Waals surface area contributed by atoms with E-state index in [0.717, 1.165) is 112 Å². The van der Waals surface area contributed by atoms with E-state index in [9.17, 15) is 10.5 Å². The van der Waals surface area contributed by atoms with Crippen molar-refractivity contribution in [2.75, 3.05) is 26.9 Å². The molecule has 0 aliphatic heterocycles. The summed E-state index contributed by atoms with van der Waals surface area (Å²) in [4.78, 5) is 0. The molecule has 13 aromatic rings. The summed E-state index contributed by atoms with van der Waals surface area (Å²) in [5.74, 6) is 1.42. The van der Waals surface area contributed by atoms with Crippen molar-refractivity contribution < 1.29 is 14.2 Å². The highest BCUT2D eigenvalue weighted by Gasteiger charge is 2.34. The van der Waals surface area contributed by atoms with E-state index in [-0.39, 0.29) is 0 Å². The second-order valence-electron chi connectivity index (χ2n) is 18.6. The zero-order valence-electron chi connectivity index (χ0n) is 40.5. The summed E-state index contributed by atoms with van der Waals surface area (Å²) in [5, 5.41) is 32.9. The first-order valence-electron chi connectivity index (χ1n) is 25.0. The van der Waals surface area contributed by atoms with Crippen LogP contribution < -0.4 is 9.47 Å². The molecule has 0 aliphatic carbocycles. The van der Waals surface area contributed by atoms with Gasteiger partial charge in [-0.05, 0) is 79.2 Å². The van der Waals surface area contributed by atoms with E-state index in [1.807, 2.05) is 18.2 Å². The van der Waals surface area contributed by atoms with Crippen LogP contribution in [0.5, 0.6) is 11.5 Å². The fourth-order valence-corrected chi connectivity index (χ4v) is 11.5. The van der Waals surface area contributed by atoms with E-state index < -0.39 is 0 Å². The number of hydrogen-bond donors (Lipinski definition) is 0. The lowest BCUT2D eigenvalue weighted by Crippen LogP contribution is -2.16. The molecule has 9 heteroatoms. The number of fused-ring (bicyclic) bond motifs is 12. The van der Waals surface area contributed by atoms with E-state index in [1.54, 1.807) is 7.11 Å². The molecule has 0 bridgehead atoms. The Morgan fingerprint density at radius 1 is 0.356 bits per heavy atom. The number of nitriles is 2. The SMILES string of the molecule is CCCCCOc1ccc2c(c1)c1cc(OCCOC)ccc1n2-c1c(C#N)c(-n2c3ccccc3c3ccccc32)c(-n2c3ccccc3c3ccccc32)c(-n2c3ccccc3c3ccccc32)c1C#N. The molecule has 73 heavy (non-hydrogen) atoms. The molecule has 4 aromatic heterocycles. The zero-order chi connectivity index (χ0) is 49.2. The molecule has 0 unspecified atom stereocenters. The van der Waals surface area contributed by atoms with Crippen molar-refractivity contribution >= 4 is 87.2 Å². The first-order chi connectivity index (χ1) is 36.1. The van der Waals surface area contributed by atoms with Crippen molar-refractivity contribution in [1.29, 1.82) is 10.5 Å². The molecule has 0 fully saturated rings. The van der Waals surface area contributed by atoms with Crippen LogP contribution in [0.25, 0.3) is 110 Å². The standard InChI is InChI=1S/C64H48N6O3/c1-3-4-17-34-72-41-30-32-59-49(37-41)50-38-42(73-36-35-71-2)31-33-60(50)67(59)61-51(39-65)62(68-53-24-11-5-18-43(53)44-19-6-12-25-54(44)68)64(70-57-28-15-9-22-47(57)48-23-10-16-29-58(48)70)63(52(61)40-66)69-55-26-13-7-20-45(55)46-21-8-14-27-56(46)69/h5-16,18-33,37-38H,3-4,17,34-36H2,1-2H3. The Bertz CT molecular complexity index is 4130. The maximum atomic E-state index is 12.4. The number of methoxy groups -OCH3 is 1. The maximum absolute atomic E-state index is 12.4. The van der Waals surface area contributed by atoms with Crippen LogP contribution in [0, 0.1) is 22.7 Å². The average Bonchev–Trinajstić information content (AvgIpc) is 4.16. The topological polar surface area (TPSA) is 95.0 Å². The molecule has 0 saturated heterocycles. The van der Waals surface area contributed by atoms with Gasteiger partial charge in [-0.3, -0.25) is 0 Å². The molecule has 0 N–H and O–H groups in total. The van der Waals surface area contributed by atoms with E-state index >= 15 is 0 Å². The lowest BCUT2D eigenvalue weighted by Gasteiger charge is -2.27. The van der Waals surface area contributed by atoms with Crippen LogP contribution in [-0.2, 0) is 4.74 Å². The first kappa shape index (κ1) is 43.7. The molecular formula is C64H48N6O3. The lowest BCUT2D eigenvalue weighted by molar-refractivity contribution is 0.146. The van der Waals surface area contributed by atoms with Gasteiger partial charge in [0.05, 0.1) is 80.1 Å². The van der Waals surface area contributed by atoms with Crippen molar-refractivity contribution in [2.24, 2.45) is 0 Å². The highest BCUT2D eigenvalue weighted by Crippen LogP contribution is 2.49. The van der Waals surface area contributed by atoms with E-state index in [1.165, 1.54) is 0 Å². The van der Waals surface area contributed by atoms with Gasteiger partial charge < -0.3 is 32.5 Å². The third-order valence-electron chi connectivity index (χ3n) is 14.5. The minimum Gasteiger partial charge on any atom is -0.494 e. The number of para-hydroxylation sites is 6. The van der Waals surface area contributed by atoms with Gasteiger partial charge in [0.1, 0.15) is 41.4 Å². The molecule has 0 atom stereocenters. The Kier molecular flexibility index (Phi) is 10.7. The molecule has 0 spiro atoms. The van der Waals surface area contributed by atoms with Crippen LogP contribution in [0.2, 0.25) is 0 Å². The Hall–Kier alpha value is -9.28. The summed E-state index contributed by atoms with van der Waals surface area (Å²) >= 11 is 0. The second-order valence-corrected chi connectivity index (χ2v) is 18.6. The molecule has 352 valence electrons. The minimum atomic E-state index is 0.337. The largest absolute Gasteiger partial charge is 0.494 e. The summed E-state index contributed by atoms with van der Waals surface area (Å²) in [7, 11) is 1.66. The number of ether oxygens (including phenoxy) is 3. The minimum absolute atomic E-state index is 0.337. The number of hydrogen-bond acceptors (Lipinski definition) is 5. The molecule has 0 radical (unpaired) electrons. The normalized spacial score (nSPS) is 11.8. The molecule has 0 saturated carbocycles. The number of rotatable bonds is 13. The van der Waals surface area contributed by atoms with Gasteiger partial charge in [0.2, 0.25) is 0 Å². The van der Waals surface area contributed by atoms with Gasteiger partial charge in [-0.2, -0.15) is 10.5 Å². The third kappa shape index (κ3) is 6.70. The summed E-state index contributed by atoms with van der Waals surface area (Å²) in [6, 6.07) is 68.5. The predicted molar refractivity (Wildman–Crippen MR) is 296 cm³/mol. The third-order valence-corrected chi connectivity index (χ3v) is 14.5. The van der Waals surface area contributed by atoms with E-state index in [0.29, 0.717) is 59.4 Å². The lowest BCUT2D eigenvalue weighted by atomic mass is 9.98. The maximum Gasteiger partial charge on any atom is 0.120 e. The van der Waals surface area contributed by atoms with Gasteiger partial charge >= 0.3 is 0 Å². The summed E-state index contributed by atoms with van der Waals surface area (Å²) < 4.78 is 27.0. The molecule has 0 aliphatic rings. The van der Waals surface area contributed by atoms with Crippen LogP contribution in [0.1, 0.15) is 37.3 Å². The number of nitrogens with zero attached hydrogens (tertiary/aromatic N) is 6. The number of benzene rings is 9. The van der Waals surface area contributed by atoms with Gasteiger partial charge in [0.25, 0.3) is 0 Å². The molecular weight excluding hydrogens is 901 g/mol. The van der Waals surface area contributed by atoms with Crippen LogP contribution in [0.3, 0.4) is 0 Å². The molecule has 4 heterocycles. The van der Waals surface area contributed by atoms with Crippen LogP contribution in [0.4, 0.5) is 0 Å². The van der Waals surface area contributed by atoms with Gasteiger partial charge in [0.15, 0.2) is 0 Å². The Morgan fingerprint density at radius 3 is 1.04 bits per heavy atom. The van der Waals surface area contributed by atoms with Gasteiger partial charge in [-0.15, -0.1) is 0 Å². The summed E-state index contributed by atoms with van der Waals surface area (Å²) in [6.07, 6.45) is 3.11. The number of aromatic nitrogens is 4. The Morgan fingerprint density at radius 2 is 0.685 bits per heavy atom. The van der Waals surface area contributed by atoms with Crippen molar-refractivity contribution in [3.05, 3.63) is 193 Å². The monoisotopic (exact) mass is 948 g/mol. The second kappa shape index (κ2) is 17.8. The van der Waals surface area contributed by atoms with Crippen molar-refractivity contribution in [3.8, 4) is 46.4 Å². The van der Waals surface area contributed by atoms with Gasteiger partial charge in [0, 0.05) is 50.2 Å². The van der Waals surface area contributed by atoms with E-state index in [2.05, 4.69) is 201 Å². The Labute approximate surface area is 421 Å². The average molecular weight is 949 g/mol. The molecule has 9 aromatic carbocycles. The van der Waals surface area contributed by atoms with Crippen molar-refractivity contribution in [2.45, 2.75) is 26.2 Å². The van der Waals surface area contributed by atoms with Crippen molar-refractivity contribution in [3.63, 3.8) is 0 Å². The highest BCUT2D eigenvalue weighted by molar-refractivity contribution is 6.16.